The van der Waals surface area contributed by atoms with Crippen LogP contribution in [0, 0.1) is 5.82 Å². The third-order valence-corrected chi connectivity index (χ3v) is 5.30. The first-order chi connectivity index (χ1) is 13.2. The van der Waals surface area contributed by atoms with Crippen LogP contribution < -0.4 is 0 Å². The maximum Gasteiger partial charge on any atom is 0.223 e. The van der Waals surface area contributed by atoms with Crippen molar-refractivity contribution in [2.45, 2.75) is 38.6 Å². The molecule has 0 radical (unpaired) electrons. The van der Waals surface area contributed by atoms with Gasteiger partial charge in [-0.25, -0.2) is 9.37 Å². The maximum absolute atomic E-state index is 13.3. The Labute approximate surface area is 158 Å². The molecule has 1 atom stereocenters. The van der Waals surface area contributed by atoms with Gasteiger partial charge in [0.15, 0.2) is 0 Å². The lowest BCUT2D eigenvalue weighted by atomic mass is 10.1. The predicted octanol–water partition coefficient (Wildman–Crippen LogP) is 4.34. The summed E-state index contributed by atoms with van der Waals surface area (Å²) in [5, 5.41) is 0. The highest BCUT2D eigenvalue weighted by Gasteiger charge is 2.33. The van der Waals surface area contributed by atoms with Crippen LogP contribution in [0.4, 0.5) is 4.39 Å². The first-order valence-electron chi connectivity index (χ1n) is 9.63. The fourth-order valence-electron chi connectivity index (χ4n) is 3.85. The molecule has 1 aliphatic heterocycles. The number of benzene rings is 2. The molecule has 3 aromatic rings. The van der Waals surface area contributed by atoms with E-state index in [1.807, 2.05) is 23.1 Å². The number of unbranched alkanes of at least 4 members (excludes halogenated alkanes) is 1. The summed E-state index contributed by atoms with van der Waals surface area (Å²) in [4.78, 5) is 19.3. The molecule has 0 saturated carbocycles. The van der Waals surface area contributed by atoms with E-state index in [2.05, 4.69) is 17.6 Å². The van der Waals surface area contributed by atoms with Gasteiger partial charge in [0.2, 0.25) is 5.91 Å². The summed E-state index contributed by atoms with van der Waals surface area (Å²) in [5.74, 6) is 1.03. The van der Waals surface area contributed by atoms with E-state index >= 15 is 0 Å². The summed E-state index contributed by atoms with van der Waals surface area (Å²) in [6.45, 7) is 4.31. The minimum Gasteiger partial charge on any atom is -0.342 e. The number of aromatic nitrogens is 2. The van der Waals surface area contributed by atoms with E-state index in [-0.39, 0.29) is 17.6 Å². The molecule has 4 nitrogen and oxygen atoms in total. The van der Waals surface area contributed by atoms with E-state index < -0.39 is 0 Å². The standard InChI is InChI=1S/C22H24FN3O/c1-2-3-12-25-15-17(13-21(25)27)22-24-19-6-4-5-7-20(19)26(22)14-16-8-10-18(23)11-9-16/h4-11,17H,2-3,12-15H2,1H3/t17-/m0/s1. The zero-order chi connectivity index (χ0) is 18.8. The van der Waals surface area contributed by atoms with Crippen molar-refractivity contribution in [2.24, 2.45) is 0 Å². The smallest absolute Gasteiger partial charge is 0.223 e. The molecule has 1 aromatic heterocycles. The molecule has 2 aromatic carbocycles. The molecule has 1 amide bonds. The van der Waals surface area contributed by atoms with Gasteiger partial charge in [0.05, 0.1) is 11.0 Å². The molecular weight excluding hydrogens is 341 g/mol. The van der Waals surface area contributed by atoms with Crippen LogP contribution in [0.15, 0.2) is 48.5 Å². The van der Waals surface area contributed by atoms with Crippen molar-refractivity contribution < 1.29 is 9.18 Å². The van der Waals surface area contributed by atoms with Gasteiger partial charge in [0, 0.05) is 32.0 Å². The number of para-hydroxylation sites is 2. The SMILES string of the molecule is CCCCN1C[C@@H](c2nc3ccccc3n2Cc2ccc(F)cc2)CC1=O. The van der Waals surface area contributed by atoms with E-state index in [0.29, 0.717) is 13.0 Å². The van der Waals surface area contributed by atoms with Gasteiger partial charge < -0.3 is 9.47 Å². The minimum absolute atomic E-state index is 0.0993. The Morgan fingerprint density at radius 3 is 2.70 bits per heavy atom. The highest BCUT2D eigenvalue weighted by atomic mass is 19.1. The second-order valence-electron chi connectivity index (χ2n) is 7.27. The molecule has 27 heavy (non-hydrogen) atoms. The summed E-state index contributed by atoms with van der Waals surface area (Å²) < 4.78 is 15.5. The van der Waals surface area contributed by atoms with Crippen LogP contribution in [0.1, 0.15) is 43.5 Å². The number of halogens is 1. The fraction of sp³-hybridized carbons (Fsp3) is 0.364. The summed E-state index contributed by atoms with van der Waals surface area (Å²) in [6, 6.07) is 14.6. The van der Waals surface area contributed by atoms with E-state index in [4.69, 9.17) is 4.98 Å². The normalized spacial score (nSPS) is 17.2. The molecule has 5 heteroatoms. The highest BCUT2D eigenvalue weighted by Crippen LogP contribution is 2.31. The molecule has 2 heterocycles. The number of likely N-dealkylation sites (tertiary alicyclic amines) is 1. The maximum atomic E-state index is 13.3. The first-order valence-corrected chi connectivity index (χ1v) is 9.63. The van der Waals surface area contributed by atoms with E-state index in [1.165, 1.54) is 12.1 Å². The molecule has 1 fully saturated rings. The number of nitrogens with zero attached hydrogens (tertiary/aromatic N) is 3. The summed E-state index contributed by atoms with van der Waals surface area (Å²) in [6.07, 6.45) is 2.62. The minimum atomic E-state index is -0.234. The Kier molecular flexibility index (Phi) is 4.92. The fourth-order valence-corrected chi connectivity index (χ4v) is 3.85. The van der Waals surface area contributed by atoms with Crippen LogP contribution >= 0.6 is 0 Å². The van der Waals surface area contributed by atoms with Crippen molar-refractivity contribution in [3.05, 3.63) is 65.7 Å². The van der Waals surface area contributed by atoms with Gasteiger partial charge in [0.1, 0.15) is 11.6 Å². The average molecular weight is 365 g/mol. The van der Waals surface area contributed by atoms with Gasteiger partial charge in [0.25, 0.3) is 0 Å². The van der Waals surface area contributed by atoms with Crippen molar-refractivity contribution in [1.29, 1.82) is 0 Å². The number of hydrogen-bond acceptors (Lipinski definition) is 2. The topological polar surface area (TPSA) is 38.1 Å². The van der Waals surface area contributed by atoms with Crippen molar-refractivity contribution in [3.63, 3.8) is 0 Å². The number of fused-ring (bicyclic) bond motifs is 1. The van der Waals surface area contributed by atoms with Gasteiger partial charge >= 0.3 is 0 Å². The molecule has 1 saturated heterocycles. The average Bonchev–Trinajstić information content (AvgIpc) is 3.22. The Bertz CT molecular complexity index is 948. The van der Waals surface area contributed by atoms with Crippen molar-refractivity contribution in [1.82, 2.24) is 14.5 Å². The lowest BCUT2D eigenvalue weighted by Gasteiger charge is -2.17. The Morgan fingerprint density at radius 2 is 1.93 bits per heavy atom. The first kappa shape index (κ1) is 17.7. The Hall–Kier alpha value is -2.69. The molecule has 1 aliphatic rings. The molecule has 0 aliphatic carbocycles. The van der Waals surface area contributed by atoms with Crippen LogP contribution in [0.25, 0.3) is 11.0 Å². The van der Waals surface area contributed by atoms with E-state index in [9.17, 15) is 9.18 Å². The monoisotopic (exact) mass is 365 g/mol. The molecule has 0 bridgehead atoms. The molecule has 0 N–H and O–H groups in total. The van der Waals surface area contributed by atoms with Gasteiger partial charge in [-0.3, -0.25) is 4.79 Å². The van der Waals surface area contributed by atoms with Crippen LogP contribution in [0.2, 0.25) is 0 Å². The van der Waals surface area contributed by atoms with Gasteiger partial charge in [-0.05, 0) is 36.2 Å². The third-order valence-electron chi connectivity index (χ3n) is 5.30. The zero-order valence-electron chi connectivity index (χ0n) is 15.6. The number of amides is 1. The lowest BCUT2D eigenvalue weighted by Crippen LogP contribution is -2.26. The van der Waals surface area contributed by atoms with Crippen molar-refractivity contribution in [2.75, 3.05) is 13.1 Å². The molecular formula is C22H24FN3O. The lowest BCUT2D eigenvalue weighted by molar-refractivity contribution is -0.127. The number of carbonyl (C=O) groups is 1. The van der Waals surface area contributed by atoms with Crippen molar-refractivity contribution >= 4 is 16.9 Å². The highest BCUT2D eigenvalue weighted by molar-refractivity contribution is 5.81. The van der Waals surface area contributed by atoms with Gasteiger partial charge in [-0.1, -0.05) is 37.6 Å². The second-order valence-corrected chi connectivity index (χ2v) is 7.27. The molecule has 0 spiro atoms. The third kappa shape index (κ3) is 3.59. The quantitative estimate of drug-likeness (QED) is 0.652. The molecule has 0 unspecified atom stereocenters. The van der Waals surface area contributed by atoms with Gasteiger partial charge in [-0.2, -0.15) is 0 Å². The number of imidazole rings is 1. The zero-order valence-corrected chi connectivity index (χ0v) is 15.6. The van der Waals surface area contributed by atoms with E-state index in [1.54, 1.807) is 12.1 Å². The van der Waals surface area contributed by atoms with Crippen LogP contribution in [-0.2, 0) is 11.3 Å². The summed E-state index contributed by atoms with van der Waals surface area (Å²) in [7, 11) is 0. The molecule has 4 rings (SSSR count). The molecule has 140 valence electrons. The summed E-state index contributed by atoms with van der Waals surface area (Å²) in [5.41, 5.74) is 3.01. The Morgan fingerprint density at radius 1 is 1.15 bits per heavy atom. The Balaban J connectivity index is 1.68. The van der Waals surface area contributed by atoms with E-state index in [0.717, 1.165) is 48.4 Å². The number of carbonyl (C=O) groups excluding carboxylic acids is 1. The number of hydrogen-bond donors (Lipinski definition) is 0. The predicted molar refractivity (Wildman–Crippen MR) is 104 cm³/mol. The van der Waals surface area contributed by atoms with Crippen LogP contribution in [0.3, 0.4) is 0 Å². The largest absolute Gasteiger partial charge is 0.342 e. The number of rotatable bonds is 6. The summed E-state index contributed by atoms with van der Waals surface area (Å²) >= 11 is 0. The van der Waals surface area contributed by atoms with Crippen LogP contribution in [-0.4, -0.2) is 33.4 Å². The van der Waals surface area contributed by atoms with Crippen molar-refractivity contribution in [3.8, 4) is 0 Å². The van der Waals surface area contributed by atoms with Gasteiger partial charge in [-0.15, -0.1) is 0 Å². The second kappa shape index (κ2) is 7.51. The van der Waals surface area contributed by atoms with Crippen LogP contribution in [0.5, 0.6) is 0 Å².